The van der Waals surface area contributed by atoms with E-state index >= 15 is 0 Å². The molecule has 0 aliphatic carbocycles. The average Bonchev–Trinajstić information content (AvgIpc) is 2.57. The maximum absolute atomic E-state index is 12.2. The first kappa shape index (κ1) is 18.2. The van der Waals surface area contributed by atoms with E-state index in [0.29, 0.717) is 11.8 Å². The van der Waals surface area contributed by atoms with Gasteiger partial charge in [-0.25, -0.2) is 9.97 Å². The minimum atomic E-state index is 0. The number of nitrogens with zero attached hydrogens (tertiary/aromatic N) is 2. The molecule has 2 aromatic rings. The van der Waals surface area contributed by atoms with E-state index in [2.05, 4.69) is 20.6 Å². The summed E-state index contributed by atoms with van der Waals surface area (Å²) >= 11 is 0. The summed E-state index contributed by atoms with van der Waals surface area (Å²) in [6.07, 6.45) is 3.43. The van der Waals surface area contributed by atoms with Gasteiger partial charge in [-0.15, -0.1) is 12.4 Å². The largest absolute Gasteiger partial charge is 0.424 e. The van der Waals surface area contributed by atoms with Crippen molar-refractivity contribution in [2.75, 3.05) is 18.4 Å². The second-order valence-electron chi connectivity index (χ2n) is 5.62. The van der Waals surface area contributed by atoms with E-state index in [-0.39, 0.29) is 24.2 Å². The lowest BCUT2D eigenvalue weighted by molar-refractivity contribution is -0.120. The molecular weight excluding hydrogens is 328 g/mol. The average molecular weight is 349 g/mol. The van der Waals surface area contributed by atoms with Gasteiger partial charge in [0.05, 0.1) is 0 Å². The van der Waals surface area contributed by atoms with Crippen LogP contribution in [0.15, 0.2) is 36.5 Å². The highest BCUT2D eigenvalue weighted by Gasteiger charge is 2.20. The lowest BCUT2D eigenvalue weighted by Crippen LogP contribution is -2.34. The van der Waals surface area contributed by atoms with Gasteiger partial charge >= 0.3 is 6.01 Å². The highest BCUT2D eigenvalue weighted by molar-refractivity contribution is 5.92. The zero-order chi connectivity index (χ0) is 16.1. The number of hydrogen-bond donors (Lipinski definition) is 2. The van der Waals surface area contributed by atoms with Crippen LogP contribution in [0.4, 0.5) is 5.69 Å². The van der Waals surface area contributed by atoms with Crippen LogP contribution in [0, 0.1) is 12.8 Å². The number of rotatable bonds is 4. The van der Waals surface area contributed by atoms with Crippen molar-refractivity contribution < 1.29 is 9.53 Å². The Morgan fingerprint density at radius 1 is 1.21 bits per heavy atom. The third-order valence-corrected chi connectivity index (χ3v) is 3.81. The van der Waals surface area contributed by atoms with Crippen molar-refractivity contribution in [2.24, 2.45) is 5.92 Å². The smallest absolute Gasteiger partial charge is 0.322 e. The van der Waals surface area contributed by atoms with Crippen molar-refractivity contribution >= 4 is 24.0 Å². The molecule has 6 nitrogen and oxygen atoms in total. The van der Waals surface area contributed by atoms with Gasteiger partial charge in [-0.3, -0.25) is 4.79 Å². The van der Waals surface area contributed by atoms with E-state index in [1.807, 2.05) is 25.1 Å². The second kappa shape index (κ2) is 8.61. The standard InChI is InChI=1S/C17H20N4O2.ClH/c1-12-6-11-19-17(20-12)23-15-4-2-14(3-5-15)21-16(22)13-7-9-18-10-8-13;/h2-6,11,13,18H,7-10H2,1H3,(H,21,22);1H. The van der Waals surface area contributed by atoms with Crippen LogP contribution < -0.4 is 15.4 Å². The maximum atomic E-state index is 12.2. The van der Waals surface area contributed by atoms with Crippen LogP contribution in [0.2, 0.25) is 0 Å². The number of carbonyl (C=O) groups is 1. The predicted molar refractivity (Wildman–Crippen MR) is 94.8 cm³/mol. The molecule has 128 valence electrons. The Labute approximate surface area is 147 Å². The van der Waals surface area contributed by atoms with Crippen molar-refractivity contribution in [1.82, 2.24) is 15.3 Å². The highest BCUT2D eigenvalue weighted by Crippen LogP contribution is 2.21. The van der Waals surface area contributed by atoms with Crippen LogP contribution in [0.1, 0.15) is 18.5 Å². The fourth-order valence-electron chi connectivity index (χ4n) is 2.52. The molecular formula is C17H21ClN4O2. The lowest BCUT2D eigenvalue weighted by Gasteiger charge is -2.21. The Kier molecular flexibility index (Phi) is 6.52. The summed E-state index contributed by atoms with van der Waals surface area (Å²) in [5, 5.41) is 6.22. The van der Waals surface area contributed by atoms with Gasteiger partial charge < -0.3 is 15.4 Å². The number of anilines is 1. The molecule has 2 N–H and O–H groups in total. The minimum absolute atomic E-state index is 0. The van der Waals surface area contributed by atoms with Crippen molar-refractivity contribution in [3.05, 3.63) is 42.2 Å². The molecule has 1 aliphatic rings. The summed E-state index contributed by atoms with van der Waals surface area (Å²) in [7, 11) is 0. The van der Waals surface area contributed by atoms with Crippen molar-refractivity contribution in [3.63, 3.8) is 0 Å². The zero-order valence-electron chi connectivity index (χ0n) is 13.5. The Balaban J connectivity index is 0.00000208. The highest BCUT2D eigenvalue weighted by atomic mass is 35.5. The van der Waals surface area contributed by atoms with E-state index in [1.165, 1.54) is 0 Å². The second-order valence-corrected chi connectivity index (χ2v) is 5.62. The number of carbonyl (C=O) groups excluding carboxylic acids is 1. The molecule has 1 amide bonds. The van der Waals surface area contributed by atoms with E-state index < -0.39 is 0 Å². The molecule has 2 heterocycles. The number of piperidine rings is 1. The number of halogens is 1. The van der Waals surface area contributed by atoms with Gasteiger partial charge in [0.2, 0.25) is 5.91 Å². The van der Waals surface area contributed by atoms with Crippen LogP contribution >= 0.6 is 12.4 Å². The summed E-state index contributed by atoms with van der Waals surface area (Å²) in [6.45, 7) is 3.69. The third kappa shape index (κ3) is 4.91. The molecule has 0 atom stereocenters. The van der Waals surface area contributed by atoms with Gasteiger partial charge in [0.1, 0.15) is 5.75 Å². The van der Waals surface area contributed by atoms with Crippen LogP contribution in [-0.4, -0.2) is 29.0 Å². The molecule has 0 saturated carbocycles. The van der Waals surface area contributed by atoms with Gasteiger partial charge in [-0.1, -0.05) is 0 Å². The van der Waals surface area contributed by atoms with Crippen molar-refractivity contribution in [1.29, 1.82) is 0 Å². The van der Waals surface area contributed by atoms with E-state index in [0.717, 1.165) is 37.3 Å². The monoisotopic (exact) mass is 348 g/mol. The molecule has 1 aromatic heterocycles. The number of ether oxygens (including phenoxy) is 1. The topological polar surface area (TPSA) is 76.1 Å². The first-order valence-corrected chi connectivity index (χ1v) is 7.80. The number of aryl methyl sites for hydroxylation is 1. The van der Waals surface area contributed by atoms with Gasteiger partial charge in [0.15, 0.2) is 0 Å². The quantitative estimate of drug-likeness (QED) is 0.888. The van der Waals surface area contributed by atoms with E-state index in [1.54, 1.807) is 18.3 Å². The molecule has 0 spiro atoms. The van der Waals surface area contributed by atoms with Crippen LogP contribution in [-0.2, 0) is 4.79 Å². The molecule has 0 bridgehead atoms. The van der Waals surface area contributed by atoms with Gasteiger partial charge in [0, 0.05) is 23.5 Å². The first-order valence-electron chi connectivity index (χ1n) is 7.80. The molecule has 1 saturated heterocycles. The lowest BCUT2D eigenvalue weighted by atomic mass is 9.97. The van der Waals surface area contributed by atoms with Gasteiger partial charge in [0.25, 0.3) is 0 Å². The molecule has 1 aliphatic heterocycles. The molecule has 7 heteroatoms. The Morgan fingerprint density at radius 3 is 2.58 bits per heavy atom. The number of benzene rings is 1. The summed E-state index contributed by atoms with van der Waals surface area (Å²) in [6, 6.07) is 9.37. The predicted octanol–water partition coefficient (Wildman–Crippen LogP) is 2.94. The van der Waals surface area contributed by atoms with Gasteiger partial charge in [-0.05, 0) is 63.2 Å². The summed E-state index contributed by atoms with van der Waals surface area (Å²) < 4.78 is 5.59. The van der Waals surface area contributed by atoms with Crippen LogP contribution in [0.25, 0.3) is 0 Å². The van der Waals surface area contributed by atoms with Gasteiger partial charge in [-0.2, -0.15) is 0 Å². The van der Waals surface area contributed by atoms with E-state index in [9.17, 15) is 4.79 Å². The van der Waals surface area contributed by atoms with Crippen molar-refractivity contribution in [2.45, 2.75) is 19.8 Å². The summed E-state index contributed by atoms with van der Waals surface area (Å²) in [4.78, 5) is 20.4. The Morgan fingerprint density at radius 2 is 1.92 bits per heavy atom. The summed E-state index contributed by atoms with van der Waals surface area (Å²) in [5.41, 5.74) is 1.62. The number of hydrogen-bond acceptors (Lipinski definition) is 5. The fourth-order valence-corrected chi connectivity index (χ4v) is 2.52. The minimum Gasteiger partial charge on any atom is -0.424 e. The maximum Gasteiger partial charge on any atom is 0.322 e. The normalized spacial score (nSPS) is 14.5. The molecule has 0 unspecified atom stereocenters. The summed E-state index contributed by atoms with van der Waals surface area (Å²) in [5.74, 6) is 0.811. The fraction of sp³-hybridized carbons (Fsp3) is 0.353. The molecule has 24 heavy (non-hydrogen) atoms. The number of nitrogens with one attached hydrogen (secondary N) is 2. The molecule has 0 radical (unpaired) electrons. The van der Waals surface area contributed by atoms with Crippen LogP contribution in [0.3, 0.4) is 0 Å². The Hall–Kier alpha value is -2.18. The zero-order valence-corrected chi connectivity index (χ0v) is 14.3. The first-order chi connectivity index (χ1) is 11.2. The number of amides is 1. The van der Waals surface area contributed by atoms with E-state index in [4.69, 9.17) is 4.74 Å². The number of aromatic nitrogens is 2. The SMILES string of the molecule is Cc1ccnc(Oc2ccc(NC(=O)C3CCNCC3)cc2)n1.Cl. The molecule has 3 rings (SSSR count). The Bertz CT molecular complexity index is 673. The molecule has 1 aromatic carbocycles. The van der Waals surface area contributed by atoms with Crippen LogP contribution in [0.5, 0.6) is 11.8 Å². The third-order valence-electron chi connectivity index (χ3n) is 3.81. The molecule has 1 fully saturated rings. The van der Waals surface area contributed by atoms with Crippen molar-refractivity contribution in [3.8, 4) is 11.8 Å².